The Kier molecular flexibility index (Phi) is 6.56. The van der Waals surface area contributed by atoms with E-state index in [-0.39, 0.29) is 6.03 Å². The molecule has 0 atom stereocenters. The summed E-state index contributed by atoms with van der Waals surface area (Å²) in [5, 5.41) is 3.84. The third-order valence-electron chi connectivity index (χ3n) is 4.31. The van der Waals surface area contributed by atoms with Crippen LogP contribution in [-0.4, -0.2) is 48.6 Å². The average molecular weight is 390 g/mol. The average Bonchev–Trinajstić information content (AvgIpc) is 2.65. The fourth-order valence-corrected chi connectivity index (χ4v) is 3.28. The fourth-order valence-electron chi connectivity index (χ4n) is 2.82. The first-order valence-electron chi connectivity index (χ1n) is 8.57. The van der Waals surface area contributed by atoms with Gasteiger partial charge in [0, 0.05) is 37.7 Å². The Morgan fingerprint density at radius 3 is 2.46 bits per heavy atom. The van der Waals surface area contributed by atoms with Gasteiger partial charge in [-0.3, -0.25) is 4.90 Å². The smallest absolute Gasteiger partial charge is 0.321 e. The van der Waals surface area contributed by atoms with Gasteiger partial charge in [0.2, 0.25) is 0 Å². The second kappa shape index (κ2) is 9.08. The highest BCUT2D eigenvalue weighted by molar-refractivity contribution is 6.36. The Balaban J connectivity index is 1.45. The lowest BCUT2D eigenvalue weighted by Gasteiger charge is -2.34. The van der Waals surface area contributed by atoms with Crippen molar-refractivity contribution in [1.82, 2.24) is 9.80 Å². The second-order valence-electron chi connectivity index (χ2n) is 6.16. The minimum atomic E-state index is -0.131. The van der Waals surface area contributed by atoms with Crippen LogP contribution < -0.4 is 5.32 Å². The van der Waals surface area contributed by atoms with Gasteiger partial charge in [0.15, 0.2) is 0 Å². The largest absolute Gasteiger partial charge is 0.322 e. The third-order valence-corrected chi connectivity index (χ3v) is 4.85. The van der Waals surface area contributed by atoms with Gasteiger partial charge in [-0.15, -0.1) is 0 Å². The summed E-state index contributed by atoms with van der Waals surface area (Å²) in [6.45, 7) is 3.96. The van der Waals surface area contributed by atoms with Crippen molar-refractivity contribution in [2.45, 2.75) is 0 Å². The first-order valence-corrected chi connectivity index (χ1v) is 9.32. The predicted molar refractivity (Wildman–Crippen MR) is 109 cm³/mol. The molecule has 1 aliphatic heterocycles. The number of hydrogen-bond donors (Lipinski definition) is 1. The van der Waals surface area contributed by atoms with Crippen molar-refractivity contribution in [3.8, 4) is 0 Å². The molecule has 1 N–H and O–H groups in total. The van der Waals surface area contributed by atoms with Crippen molar-refractivity contribution in [2.24, 2.45) is 0 Å². The van der Waals surface area contributed by atoms with Gasteiger partial charge < -0.3 is 10.2 Å². The number of carbonyl (C=O) groups excluding carboxylic acids is 1. The Hall–Kier alpha value is -2.01. The third kappa shape index (κ3) is 5.24. The second-order valence-corrected chi connectivity index (χ2v) is 7.00. The van der Waals surface area contributed by atoms with Gasteiger partial charge in [-0.05, 0) is 23.8 Å². The van der Waals surface area contributed by atoms with Gasteiger partial charge in [0.1, 0.15) is 0 Å². The number of anilines is 1. The van der Waals surface area contributed by atoms with E-state index >= 15 is 0 Å². The van der Waals surface area contributed by atoms with Crippen LogP contribution in [0.1, 0.15) is 5.56 Å². The van der Waals surface area contributed by atoms with E-state index in [1.165, 1.54) is 5.56 Å². The number of hydrogen-bond acceptors (Lipinski definition) is 2. The highest BCUT2D eigenvalue weighted by Gasteiger charge is 2.20. The molecule has 2 aromatic rings. The minimum Gasteiger partial charge on any atom is -0.322 e. The van der Waals surface area contributed by atoms with Gasteiger partial charge in [-0.2, -0.15) is 0 Å². The van der Waals surface area contributed by atoms with E-state index in [4.69, 9.17) is 23.2 Å². The Labute approximate surface area is 164 Å². The summed E-state index contributed by atoms with van der Waals surface area (Å²) in [6, 6.07) is 15.2. The molecule has 0 aliphatic carbocycles. The first kappa shape index (κ1) is 18.8. The SMILES string of the molecule is O=C(Nc1ccc(Cl)cc1Cl)N1CCN(C/C=C\c2ccccc2)CC1. The normalized spacial score (nSPS) is 15.4. The molecule has 3 rings (SSSR count). The van der Waals surface area contributed by atoms with Crippen molar-refractivity contribution >= 4 is 41.0 Å². The van der Waals surface area contributed by atoms with E-state index in [1.807, 2.05) is 23.1 Å². The molecule has 6 heteroatoms. The zero-order valence-electron chi connectivity index (χ0n) is 14.4. The van der Waals surface area contributed by atoms with Crippen LogP contribution in [0.3, 0.4) is 0 Å². The van der Waals surface area contributed by atoms with Crippen LogP contribution in [0.25, 0.3) is 6.08 Å². The molecule has 0 radical (unpaired) electrons. The van der Waals surface area contributed by atoms with Crippen molar-refractivity contribution in [3.05, 3.63) is 70.2 Å². The number of urea groups is 1. The van der Waals surface area contributed by atoms with Gasteiger partial charge in [0.25, 0.3) is 0 Å². The van der Waals surface area contributed by atoms with E-state index in [1.54, 1.807) is 18.2 Å². The predicted octanol–water partition coefficient (Wildman–Crippen LogP) is 4.86. The number of nitrogens with one attached hydrogen (secondary N) is 1. The molecule has 0 saturated carbocycles. The fraction of sp³-hybridized carbons (Fsp3) is 0.250. The molecule has 1 saturated heterocycles. The summed E-state index contributed by atoms with van der Waals surface area (Å²) in [7, 11) is 0. The van der Waals surface area contributed by atoms with Gasteiger partial charge in [-0.1, -0.05) is 65.7 Å². The molecule has 0 unspecified atom stereocenters. The quantitative estimate of drug-likeness (QED) is 0.810. The summed E-state index contributed by atoms with van der Waals surface area (Å²) in [5.41, 5.74) is 1.78. The Morgan fingerprint density at radius 2 is 1.77 bits per heavy atom. The van der Waals surface area contributed by atoms with E-state index in [0.717, 1.165) is 19.6 Å². The summed E-state index contributed by atoms with van der Waals surface area (Å²) in [4.78, 5) is 16.5. The number of benzene rings is 2. The van der Waals surface area contributed by atoms with Crippen molar-refractivity contribution in [1.29, 1.82) is 0 Å². The van der Waals surface area contributed by atoms with Crippen LogP contribution in [0.4, 0.5) is 10.5 Å². The number of halogens is 2. The van der Waals surface area contributed by atoms with Crippen LogP contribution in [-0.2, 0) is 0 Å². The van der Waals surface area contributed by atoms with Crippen molar-refractivity contribution in [2.75, 3.05) is 38.0 Å². The molecule has 1 aliphatic rings. The molecular formula is C20H21Cl2N3O. The van der Waals surface area contributed by atoms with Crippen LogP contribution >= 0.6 is 23.2 Å². The highest BCUT2D eigenvalue weighted by Crippen LogP contribution is 2.25. The van der Waals surface area contributed by atoms with Crippen LogP contribution in [0.15, 0.2) is 54.6 Å². The number of rotatable bonds is 4. The number of nitrogens with zero attached hydrogens (tertiary/aromatic N) is 2. The molecule has 4 nitrogen and oxygen atoms in total. The number of piperazine rings is 1. The Bertz CT molecular complexity index is 772. The monoisotopic (exact) mass is 389 g/mol. The molecular weight excluding hydrogens is 369 g/mol. The maximum atomic E-state index is 12.4. The van der Waals surface area contributed by atoms with E-state index in [2.05, 4.69) is 34.5 Å². The van der Waals surface area contributed by atoms with Gasteiger partial charge in [-0.25, -0.2) is 4.79 Å². The van der Waals surface area contributed by atoms with E-state index < -0.39 is 0 Å². The maximum Gasteiger partial charge on any atom is 0.321 e. The summed E-state index contributed by atoms with van der Waals surface area (Å²) in [5.74, 6) is 0. The lowest BCUT2D eigenvalue weighted by molar-refractivity contribution is 0.156. The molecule has 0 spiro atoms. The summed E-state index contributed by atoms with van der Waals surface area (Å²) in [6.07, 6.45) is 4.29. The van der Waals surface area contributed by atoms with E-state index in [0.29, 0.717) is 28.8 Å². The van der Waals surface area contributed by atoms with E-state index in [9.17, 15) is 4.79 Å². The number of carbonyl (C=O) groups is 1. The van der Waals surface area contributed by atoms with Crippen molar-refractivity contribution < 1.29 is 4.79 Å². The molecule has 1 fully saturated rings. The molecule has 1 heterocycles. The Morgan fingerprint density at radius 1 is 1.04 bits per heavy atom. The molecule has 26 heavy (non-hydrogen) atoms. The minimum absolute atomic E-state index is 0.131. The number of amides is 2. The first-order chi connectivity index (χ1) is 12.6. The zero-order chi connectivity index (χ0) is 18.4. The zero-order valence-corrected chi connectivity index (χ0v) is 15.9. The van der Waals surface area contributed by atoms with Gasteiger partial charge in [0.05, 0.1) is 10.7 Å². The van der Waals surface area contributed by atoms with Crippen LogP contribution in [0.2, 0.25) is 10.0 Å². The van der Waals surface area contributed by atoms with Gasteiger partial charge >= 0.3 is 6.03 Å². The van der Waals surface area contributed by atoms with Crippen molar-refractivity contribution in [3.63, 3.8) is 0 Å². The topological polar surface area (TPSA) is 35.6 Å². The molecule has 136 valence electrons. The lowest BCUT2D eigenvalue weighted by Crippen LogP contribution is -2.49. The van der Waals surface area contributed by atoms with Crippen LogP contribution in [0.5, 0.6) is 0 Å². The summed E-state index contributed by atoms with van der Waals surface area (Å²) >= 11 is 12.0. The lowest BCUT2D eigenvalue weighted by atomic mass is 10.2. The highest BCUT2D eigenvalue weighted by atomic mass is 35.5. The molecule has 2 amide bonds. The molecule has 0 aromatic heterocycles. The standard InChI is InChI=1S/C20H21Cl2N3O/c21-17-8-9-19(18(22)15-17)23-20(26)25-13-11-24(12-14-25)10-4-7-16-5-2-1-3-6-16/h1-9,15H,10-14H2,(H,23,26)/b7-4-. The molecule has 0 bridgehead atoms. The van der Waals surface area contributed by atoms with Crippen LogP contribution in [0, 0.1) is 0 Å². The maximum absolute atomic E-state index is 12.4. The molecule has 2 aromatic carbocycles. The summed E-state index contributed by atoms with van der Waals surface area (Å²) < 4.78 is 0.